The molecule has 3 heterocycles. The van der Waals surface area contributed by atoms with Crippen LogP contribution in [0.15, 0.2) is 28.7 Å². The van der Waals surface area contributed by atoms with Crippen LogP contribution in [-0.2, 0) is 17.8 Å². The molecule has 1 aromatic carbocycles. The van der Waals surface area contributed by atoms with Crippen molar-refractivity contribution in [2.75, 3.05) is 20.8 Å². The van der Waals surface area contributed by atoms with Gasteiger partial charge in [-0.2, -0.15) is 5.10 Å². The van der Waals surface area contributed by atoms with Crippen LogP contribution in [-0.4, -0.2) is 47.3 Å². The molecule has 3 aromatic rings. The van der Waals surface area contributed by atoms with E-state index in [0.717, 1.165) is 16.6 Å². The van der Waals surface area contributed by atoms with Gasteiger partial charge in [-0.05, 0) is 25.1 Å². The number of furan rings is 1. The Kier molecular flexibility index (Phi) is 4.10. The van der Waals surface area contributed by atoms with Crippen molar-refractivity contribution in [2.24, 2.45) is 0 Å². The van der Waals surface area contributed by atoms with Gasteiger partial charge in [0.25, 0.3) is 5.91 Å². The van der Waals surface area contributed by atoms with E-state index < -0.39 is 5.97 Å². The van der Waals surface area contributed by atoms with Crippen LogP contribution in [0, 0.1) is 6.92 Å². The van der Waals surface area contributed by atoms with Crippen molar-refractivity contribution in [3.63, 3.8) is 0 Å². The molecule has 8 heteroatoms. The molecule has 2 aromatic heterocycles. The largest absolute Gasteiger partial charge is 0.497 e. The summed E-state index contributed by atoms with van der Waals surface area (Å²) in [4.78, 5) is 26.4. The summed E-state index contributed by atoms with van der Waals surface area (Å²) >= 11 is 0. The molecule has 1 aliphatic rings. The van der Waals surface area contributed by atoms with E-state index in [9.17, 15) is 9.59 Å². The smallest absolute Gasteiger partial charge is 0.358 e. The van der Waals surface area contributed by atoms with E-state index in [1.807, 2.05) is 19.1 Å². The Hall–Kier alpha value is -3.29. The second-order valence-electron chi connectivity index (χ2n) is 6.38. The number of methoxy groups -OCH3 is 2. The molecular formula is C19H19N3O5. The zero-order valence-corrected chi connectivity index (χ0v) is 15.3. The molecule has 0 spiro atoms. The van der Waals surface area contributed by atoms with Crippen LogP contribution in [0.3, 0.4) is 0 Å². The predicted molar refractivity (Wildman–Crippen MR) is 95.8 cm³/mol. The maximum atomic E-state index is 13.0. The van der Waals surface area contributed by atoms with E-state index in [1.165, 1.54) is 7.11 Å². The molecule has 0 bridgehead atoms. The molecule has 27 heavy (non-hydrogen) atoms. The standard InChI is InChI=1S/C19H19N3O5/c1-11-14-5-4-13(25-2)9-16(14)27-17(11)18(23)21-6-7-22-12(10-21)8-15(20-22)19(24)26-3/h4-5,8-9H,6-7,10H2,1-3H3. The third-order valence-corrected chi connectivity index (χ3v) is 4.82. The molecule has 0 N–H and O–H groups in total. The second kappa shape index (κ2) is 6.46. The molecule has 1 aliphatic heterocycles. The first-order valence-electron chi connectivity index (χ1n) is 8.53. The van der Waals surface area contributed by atoms with E-state index in [0.29, 0.717) is 36.7 Å². The van der Waals surface area contributed by atoms with E-state index in [-0.39, 0.29) is 11.6 Å². The lowest BCUT2D eigenvalue weighted by atomic mass is 10.1. The number of hydrogen-bond donors (Lipinski definition) is 0. The molecule has 0 unspecified atom stereocenters. The van der Waals surface area contributed by atoms with Crippen LogP contribution in [0.4, 0.5) is 0 Å². The quantitative estimate of drug-likeness (QED) is 0.659. The Morgan fingerprint density at radius 2 is 2.00 bits per heavy atom. The van der Waals surface area contributed by atoms with E-state index in [1.54, 1.807) is 28.8 Å². The molecule has 0 saturated carbocycles. The van der Waals surface area contributed by atoms with Crippen molar-refractivity contribution in [2.45, 2.75) is 20.0 Å². The summed E-state index contributed by atoms with van der Waals surface area (Å²) in [5, 5.41) is 5.11. The zero-order valence-electron chi connectivity index (χ0n) is 15.3. The second-order valence-corrected chi connectivity index (χ2v) is 6.38. The van der Waals surface area contributed by atoms with Gasteiger partial charge in [-0.15, -0.1) is 0 Å². The Labute approximate surface area is 155 Å². The third kappa shape index (κ3) is 2.83. The van der Waals surface area contributed by atoms with Gasteiger partial charge in [0.05, 0.1) is 33.0 Å². The molecular weight excluding hydrogens is 350 g/mol. The van der Waals surface area contributed by atoms with Crippen molar-refractivity contribution < 1.29 is 23.5 Å². The van der Waals surface area contributed by atoms with Crippen LogP contribution in [0.1, 0.15) is 32.3 Å². The number of hydrogen-bond acceptors (Lipinski definition) is 6. The van der Waals surface area contributed by atoms with Gasteiger partial charge in [-0.1, -0.05) is 0 Å². The Morgan fingerprint density at radius 3 is 2.74 bits per heavy atom. The normalized spacial score (nSPS) is 13.5. The summed E-state index contributed by atoms with van der Waals surface area (Å²) in [6.45, 7) is 3.21. The lowest BCUT2D eigenvalue weighted by molar-refractivity contribution is 0.0590. The van der Waals surface area contributed by atoms with E-state index in [2.05, 4.69) is 5.10 Å². The summed E-state index contributed by atoms with van der Waals surface area (Å²) in [5.41, 5.74) is 2.44. The maximum absolute atomic E-state index is 13.0. The fraction of sp³-hybridized carbons (Fsp3) is 0.316. The summed E-state index contributed by atoms with van der Waals surface area (Å²) in [6, 6.07) is 7.15. The van der Waals surface area contributed by atoms with Crippen molar-refractivity contribution in [1.29, 1.82) is 0 Å². The van der Waals surface area contributed by atoms with Crippen molar-refractivity contribution in [3.8, 4) is 5.75 Å². The number of carbonyl (C=O) groups excluding carboxylic acids is 2. The van der Waals surface area contributed by atoms with Crippen molar-refractivity contribution in [1.82, 2.24) is 14.7 Å². The highest BCUT2D eigenvalue weighted by atomic mass is 16.5. The molecule has 0 fully saturated rings. The fourth-order valence-corrected chi connectivity index (χ4v) is 3.32. The van der Waals surface area contributed by atoms with Crippen LogP contribution < -0.4 is 4.74 Å². The first-order chi connectivity index (χ1) is 13.0. The number of benzene rings is 1. The van der Waals surface area contributed by atoms with Gasteiger partial charge in [0.15, 0.2) is 11.5 Å². The summed E-state index contributed by atoms with van der Waals surface area (Å²) in [6.07, 6.45) is 0. The molecule has 0 atom stereocenters. The monoisotopic (exact) mass is 369 g/mol. The fourth-order valence-electron chi connectivity index (χ4n) is 3.32. The Bertz CT molecular complexity index is 1050. The number of rotatable bonds is 3. The van der Waals surface area contributed by atoms with E-state index in [4.69, 9.17) is 13.9 Å². The van der Waals surface area contributed by atoms with Crippen LogP contribution >= 0.6 is 0 Å². The first kappa shape index (κ1) is 17.1. The average molecular weight is 369 g/mol. The highest BCUT2D eigenvalue weighted by molar-refractivity contribution is 5.99. The number of nitrogens with zero attached hydrogens (tertiary/aromatic N) is 3. The first-order valence-corrected chi connectivity index (χ1v) is 8.53. The molecule has 0 saturated heterocycles. The van der Waals surface area contributed by atoms with Gasteiger partial charge < -0.3 is 18.8 Å². The third-order valence-electron chi connectivity index (χ3n) is 4.82. The van der Waals surface area contributed by atoms with Crippen molar-refractivity contribution in [3.05, 3.63) is 47.0 Å². The van der Waals surface area contributed by atoms with Gasteiger partial charge in [0.1, 0.15) is 11.3 Å². The number of ether oxygens (including phenoxy) is 2. The van der Waals surface area contributed by atoms with Gasteiger partial charge in [-0.3, -0.25) is 9.48 Å². The van der Waals surface area contributed by atoms with Gasteiger partial charge >= 0.3 is 5.97 Å². The summed E-state index contributed by atoms with van der Waals surface area (Å²) in [5.74, 6) is 0.318. The number of aromatic nitrogens is 2. The SMILES string of the molecule is COC(=O)c1cc2n(n1)CCN(C(=O)c1oc3cc(OC)ccc3c1C)C2. The predicted octanol–water partition coefficient (Wildman–Crippen LogP) is 2.39. The Morgan fingerprint density at radius 1 is 1.19 bits per heavy atom. The summed E-state index contributed by atoms with van der Waals surface area (Å²) < 4.78 is 17.5. The Balaban J connectivity index is 1.62. The van der Waals surface area contributed by atoms with Crippen LogP contribution in [0.25, 0.3) is 11.0 Å². The molecule has 140 valence electrons. The summed E-state index contributed by atoms with van der Waals surface area (Å²) in [7, 11) is 2.90. The number of carbonyl (C=O) groups is 2. The molecule has 0 radical (unpaired) electrons. The highest BCUT2D eigenvalue weighted by Gasteiger charge is 2.28. The van der Waals surface area contributed by atoms with Crippen LogP contribution in [0.5, 0.6) is 5.75 Å². The number of amides is 1. The van der Waals surface area contributed by atoms with Crippen LogP contribution in [0.2, 0.25) is 0 Å². The topological polar surface area (TPSA) is 86.8 Å². The number of esters is 1. The highest BCUT2D eigenvalue weighted by Crippen LogP contribution is 2.30. The molecule has 4 rings (SSSR count). The number of fused-ring (bicyclic) bond motifs is 2. The van der Waals surface area contributed by atoms with E-state index >= 15 is 0 Å². The molecule has 1 amide bonds. The number of aryl methyl sites for hydroxylation is 1. The molecule has 8 nitrogen and oxygen atoms in total. The average Bonchev–Trinajstić information content (AvgIpc) is 3.27. The minimum Gasteiger partial charge on any atom is -0.497 e. The van der Waals surface area contributed by atoms with Crippen molar-refractivity contribution >= 4 is 22.8 Å². The lowest BCUT2D eigenvalue weighted by Gasteiger charge is -2.27. The maximum Gasteiger partial charge on any atom is 0.358 e. The minimum absolute atomic E-state index is 0.185. The van der Waals surface area contributed by atoms with Gasteiger partial charge in [0, 0.05) is 23.6 Å². The zero-order chi connectivity index (χ0) is 19.1. The molecule has 0 aliphatic carbocycles. The lowest BCUT2D eigenvalue weighted by Crippen LogP contribution is -2.38. The van der Waals surface area contributed by atoms with Gasteiger partial charge in [-0.25, -0.2) is 4.79 Å². The van der Waals surface area contributed by atoms with Gasteiger partial charge in [0.2, 0.25) is 0 Å². The minimum atomic E-state index is -0.489.